The minimum Gasteiger partial charge on any atom is -0.423 e. The number of hydrogen-bond donors (Lipinski definition) is 3. The summed E-state index contributed by atoms with van der Waals surface area (Å²) in [6.07, 6.45) is 1.86. The lowest BCUT2D eigenvalue weighted by Crippen LogP contribution is -2.32. The molecular weight excluding hydrogens is 165 g/mol. The van der Waals surface area contributed by atoms with E-state index in [2.05, 4.69) is 6.92 Å². The first kappa shape index (κ1) is 10.1. The number of anilines is 1. The standard InChI is InChI=1S/C9H14BNO2/c1-2-4-7-5-3-6-8(9(7)11)10(12)13/h3,5-6,12-13H,2,4,11H2,1H3. The van der Waals surface area contributed by atoms with E-state index in [4.69, 9.17) is 15.8 Å². The van der Waals surface area contributed by atoms with Crippen LogP contribution in [0.25, 0.3) is 0 Å². The van der Waals surface area contributed by atoms with Crippen molar-refractivity contribution < 1.29 is 10.0 Å². The summed E-state index contributed by atoms with van der Waals surface area (Å²) in [6.45, 7) is 2.06. The summed E-state index contributed by atoms with van der Waals surface area (Å²) >= 11 is 0. The van der Waals surface area contributed by atoms with Crippen molar-refractivity contribution in [3.05, 3.63) is 23.8 Å². The van der Waals surface area contributed by atoms with Crippen LogP contribution in [0.5, 0.6) is 0 Å². The van der Waals surface area contributed by atoms with Crippen LogP contribution in [-0.4, -0.2) is 17.2 Å². The Balaban J connectivity index is 3.03. The summed E-state index contributed by atoms with van der Waals surface area (Å²) in [5.74, 6) is 0. The van der Waals surface area contributed by atoms with Crippen molar-refractivity contribution in [1.29, 1.82) is 0 Å². The van der Waals surface area contributed by atoms with Crippen molar-refractivity contribution in [3.8, 4) is 0 Å². The SMILES string of the molecule is CCCc1cccc(B(O)O)c1N. The van der Waals surface area contributed by atoms with Crippen molar-refractivity contribution in [2.45, 2.75) is 19.8 Å². The Labute approximate surface area is 78.3 Å². The maximum absolute atomic E-state index is 8.97. The zero-order chi connectivity index (χ0) is 9.84. The van der Waals surface area contributed by atoms with E-state index < -0.39 is 7.12 Å². The number of nitrogen functional groups attached to an aromatic ring is 1. The average molecular weight is 179 g/mol. The number of aryl methyl sites for hydroxylation is 1. The van der Waals surface area contributed by atoms with Gasteiger partial charge in [-0.05, 0) is 12.0 Å². The lowest BCUT2D eigenvalue weighted by molar-refractivity contribution is 0.426. The van der Waals surface area contributed by atoms with E-state index in [1.54, 1.807) is 12.1 Å². The number of hydrogen-bond acceptors (Lipinski definition) is 3. The minimum absolute atomic E-state index is 0.394. The maximum Gasteiger partial charge on any atom is 0.490 e. The molecule has 0 aliphatic heterocycles. The van der Waals surface area contributed by atoms with Crippen LogP contribution in [0.3, 0.4) is 0 Å². The lowest BCUT2D eigenvalue weighted by atomic mass is 9.77. The van der Waals surface area contributed by atoms with Crippen molar-refractivity contribution in [2.24, 2.45) is 0 Å². The molecule has 0 fully saturated rings. The van der Waals surface area contributed by atoms with Crippen molar-refractivity contribution in [2.75, 3.05) is 5.73 Å². The molecule has 1 aromatic rings. The molecule has 0 aromatic heterocycles. The first-order chi connectivity index (χ1) is 6.16. The van der Waals surface area contributed by atoms with E-state index in [0.29, 0.717) is 11.2 Å². The molecule has 70 valence electrons. The summed E-state index contributed by atoms with van der Waals surface area (Å²) in [5, 5.41) is 17.9. The van der Waals surface area contributed by atoms with Gasteiger partial charge in [0.15, 0.2) is 0 Å². The summed E-state index contributed by atoms with van der Waals surface area (Å²) in [7, 11) is -1.48. The molecule has 0 bridgehead atoms. The monoisotopic (exact) mass is 179 g/mol. The highest BCUT2D eigenvalue weighted by Gasteiger charge is 2.15. The van der Waals surface area contributed by atoms with E-state index in [-0.39, 0.29) is 0 Å². The zero-order valence-electron chi connectivity index (χ0n) is 7.70. The molecule has 0 aliphatic rings. The maximum atomic E-state index is 8.97. The molecule has 4 heteroatoms. The molecule has 3 nitrogen and oxygen atoms in total. The molecule has 1 aromatic carbocycles. The third kappa shape index (κ3) is 2.23. The average Bonchev–Trinajstić information content (AvgIpc) is 2.08. The van der Waals surface area contributed by atoms with Crippen molar-refractivity contribution >= 4 is 18.3 Å². The zero-order valence-corrected chi connectivity index (χ0v) is 7.70. The second-order valence-corrected chi connectivity index (χ2v) is 3.04. The molecule has 0 atom stereocenters. The largest absolute Gasteiger partial charge is 0.490 e. The van der Waals surface area contributed by atoms with Crippen LogP contribution >= 0.6 is 0 Å². The van der Waals surface area contributed by atoms with Crippen LogP contribution in [0.15, 0.2) is 18.2 Å². The van der Waals surface area contributed by atoms with Gasteiger partial charge in [0.1, 0.15) is 0 Å². The van der Waals surface area contributed by atoms with Gasteiger partial charge in [-0.15, -0.1) is 0 Å². The van der Waals surface area contributed by atoms with Gasteiger partial charge >= 0.3 is 7.12 Å². The molecule has 13 heavy (non-hydrogen) atoms. The molecule has 0 saturated heterocycles. The van der Waals surface area contributed by atoms with Gasteiger partial charge in [0.2, 0.25) is 0 Å². The van der Waals surface area contributed by atoms with Gasteiger partial charge < -0.3 is 15.8 Å². The molecule has 0 heterocycles. The third-order valence-corrected chi connectivity index (χ3v) is 2.03. The second kappa shape index (κ2) is 4.30. The molecule has 0 radical (unpaired) electrons. The number of para-hydroxylation sites is 1. The molecule has 0 spiro atoms. The molecule has 0 amide bonds. The summed E-state index contributed by atoms with van der Waals surface area (Å²) in [4.78, 5) is 0. The van der Waals surface area contributed by atoms with Gasteiger partial charge in [-0.3, -0.25) is 0 Å². The van der Waals surface area contributed by atoms with Gasteiger partial charge in [0.25, 0.3) is 0 Å². The van der Waals surface area contributed by atoms with Crippen LogP contribution in [0.1, 0.15) is 18.9 Å². The molecule has 1 rings (SSSR count). The van der Waals surface area contributed by atoms with Gasteiger partial charge in [0, 0.05) is 11.2 Å². The Bertz CT molecular complexity index is 289. The highest BCUT2D eigenvalue weighted by Crippen LogP contribution is 2.10. The second-order valence-electron chi connectivity index (χ2n) is 3.04. The van der Waals surface area contributed by atoms with Gasteiger partial charge in [-0.1, -0.05) is 31.5 Å². The highest BCUT2D eigenvalue weighted by atomic mass is 16.4. The predicted octanol–water partition coefficient (Wildman–Crippen LogP) is -0.0989. The number of nitrogens with two attached hydrogens (primary N) is 1. The first-order valence-electron chi connectivity index (χ1n) is 4.40. The van der Waals surface area contributed by atoms with Crippen LogP contribution in [0.4, 0.5) is 5.69 Å². The molecule has 0 saturated carbocycles. The van der Waals surface area contributed by atoms with Gasteiger partial charge in [0.05, 0.1) is 0 Å². The lowest BCUT2D eigenvalue weighted by Gasteiger charge is -2.09. The highest BCUT2D eigenvalue weighted by molar-refractivity contribution is 6.60. The normalized spacial score (nSPS) is 10.1. The Kier molecular flexibility index (Phi) is 3.34. The Morgan fingerprint density at radius 2 is 2.08 bits per heavy atom. The van der Waals surface area contributed by atoms with Crippen LogP contribution in [-0.2, 0) is 6.42 Å². The fraction of sp³-hybridized carbons (Fsp3) is 0.333. The quantitative estimate of drug-likeness (QED) is 0.448. The Morgan fingerprint density at radius 3 is 2.62 bits per heavy atom. The number of benzene rings is 1. The smallest absolute Gasteiger partial charge is 0.423 e. The molecule has 4 N–H and O–H groups in total. The Hall–Kier alpha value is -0.995. The first-order valence-corrected chi connectivity index (χ1v) is 4.40. The van der Waals surface area contributed by atoms with E-state index >= 15 is 0 Å². The minimum atomic E-state index is -1.48. The van der Waals surface area contributed by atoms with Crippen LogP contribution in [0.2, 0.25) is 0 Å². The van der Waals surface area contributed by atoms with E-state index in [0.717, 1.165) is 18.4 Å². The van der Waals surface area contributed by atoms with Crippen LogP contribution < -0.4 is 11.2 Å². The van der Waals surface area contributed by atoms with Crippen molar-refractivity contribution in [1.82, 2.24) is 0 Å². The molecule has 0 unspecified atom stereocenters. The summed E-state index contributed by atoms with van der Waals surface area (Å²) < 4.78 is 0. The Morgan fingerprint density at radius 1 is 1.38 bits per heavy atom. The fourth-order valence-corrected chi connectivity index (χ4v) is 1.35. The predicted molar refractivity (Wildman–Crippen MR) is 54.7 cm³/mol. The summed E-state index contributed by atoms with van der Waals surface area (Å²) in [6, 6.07) is 5.32. The molecule has 0 aliphatic carbocycles. The fourth-order valence-electron chi connectivity index (χ4n) is 1.35. The van der Waals surface area contributed by atoms with E-state index in [1.807, 2.05) is 6.07 Å². The third-order valence-electron chi connectivity index (χ3n) is 2.03. The van der Waals surface area contributed by atoms with Gasteiger partial charge in [-0.25, -0.2) is 0 Å². The van der Waals surface area contributed by atoms with Crippen molar-refractivity contribution in [3.63, 3.8) is 0 Å². The molecular formula is C9H14BNO2. The van der Waals surface area contributed by atoms with E-state index in [1.165, 1.54) is 0 Å². The topological polar surface area (TPSA) is 66.5 Å². The summed E-state index contributed by atoms with van der Waals surface area (Å²) in [5.41, 5.74) is 7.62. The van der Waals surface area contributed by atoms with Gasteiger partial charge in [-0.2, -0.15) is 0 Å². The number of rotatable bonds is 3. The van der Waals surface area contributed by atoms with E-state index in [9.17, 15) is 0 Å². The van der Waals surface area contributed by atoms with Crippen LogP contribution in [0, 0.1) is 0 Å².